The number of thioether (sulfide) groups is 1. The number of hydrogen-bond donors (Lipinski definition) is 2. The van der Waals surface area contributed by atoms with Crippen molar-refractivity contribution in [1.82, 2.24) is 0 Å². The quantitative estimate of drug-likeness (QED) is 0.227. The first-order valence-corrected chi connectivity index (χ1v) is 8.11. The van der Waals surface area contributed by atoms with Gasteiger partial charge in [0.15, 0.2) is 28.9 Å². The van der Waals surface area contributed by atoms with Crippen LogP contribution >= 0.6 is 28.7 Å². The van der Waals surface area contributed by atoms with Crippen LogP contribution < -0.4 is 5.73 Å². The van der Waals surface area contributed by atoms with Gasteiger partial charge in [0.05, 0.1) is 0 Å². The third-order valence-electron chi connectivity index (χ3n) is 3.05. The predicted molar refractivity (Wildman–Crippen MR) is 102 cm³/mol. The molecule has 1 heterocycles. The summed E-state index contributed by atoms with van der Waals surface area (Å²) >= 11 is 0.552. The van der Waals surface area contributed by atoms with E-state index in [1.807, 2.05) is 0 Å². The largest absolute Gasteiger partial charge is 0.463 e. The molecule has 0 aromatic carbocycles. The highest BCUT2D eigenvalue weighted by atomic mass is 79.9. The Kier molecular flexibility index (Phi) is 8.24. The van der Waals surface area contributed by atoms with Gasteiger partial charge in [-0.1, -0.05) is 11.8 Å². The number of ether oxygens (including phenoxy) is 5. The second-order valence-electron chi connectivity index (χ2n) is 5.07. The van der Waals surface area contributed by atoms with Crippen LogP contribution in [-0.4, -0.2) is 65.5 Å². The van der Waals surface area contributed by atoms with Crippen LogP contribution in [0.2, 0.25) is 0 Å². The number of rotatable bonds is 6. The molecule has 0 aromatic rings. The summed E-state index contributed by atoms with van der Waals surface area (Å²) in [5.74, 6) is -4.15. The summed E-state index contributed by atoms with van der Waals surface area (Å²) < 4.78 is 54.3. The van der Waals surface area contributed by atoms with Gasteiger partial charge in [0, 0.05) is 33.1 Å². The zero-order chi connectivity index (χ0) is 23.6. The Bertz CT molecular complexity index is 693. The van der Waals surface area contributed by atoms with Crippen LogP contribution in [0.15, 0.2) is 0 Å². The lowest BCUT2D eigenvalue weighted by Gasteiger charge is -2.43. The molecule has 1 saturated heterocycles. The van der Waals surface area contributed by atoms with Gasteiger partial charge in [0.25, 0.3) is 0 Å². The van der Waals surface area contributed by atoms with Crippen molar-refractivity contribution in [3.05, 3.63) is 0 Å². The number of halogens is 1. The summed E-state index contributed by atoms with van der Waals surface area (Å²) in [6.45, 7) is -3.75. The number of nitrogens with one attached hydrogen (secondary N) is 1. The van der Waals surface area contributed by atoms with E-state index in [9.17, 15) is 19.2 Å². The van der Waals surface area contributed by atoms with Gasteiger partial charge in [-0.3, -0.25) is 24.6 Å². The summed E-state index contributed by atoms with van der Waals surface area (Å²) in [6.07, 6.45) is -5.97. The fourth-order valence-corrected chi connectivity index (χ4v) is 3.06. The Balaban J connectivity index is 0.00000961. The Hall–Kier alpha value is -1.86. The van der Waals surface area contributed by atoms with Crippen LogP contribution in [0.5, 0.6) is 0 Å². The minimum absolute atomic E-state index is 0. The molecule has 0 bridgehead atoms. The van der Waals surface area contributed by atoms with Gasteiger partial charge in [-0.2, -0.15) is 0 Å². The van der Waals surface area contributed by atoms with E-state index >= 15 is 0 Å². The summed E-state index contributed by atoms with van der Waals surface area (Å²) in [4.78, 5) is 46.8. The molecule has 5 atom stereocenters. The van der Waals surface area contributed by atoms with E-state index in [2.05, 4.69) is 0 Å². The van der Waals surface area contributed by atoms with Crippen molar-refractivity contribution in [2.75, 3.05) is 6.61 Å². The average Bonchev–Trinajstić information content (AvgIpc) is 2.74. The first kappa shape index (κ1) is 19.5. The van der Waals surface area contributed by atoms with Crippen molar-refractivity contribution >= 4 is 57.8 Å². The molecule has 0 radical (unpaired) electrons. The van der Waals surface area contributed by atoms with E-state index < -0.39 is 93.1 Å². The third-order valence-corrected chi connectivity index (χ3v) is 3.91. The van der Waals surface area contributed by atoms with Crippen LogP contribution in [0.4, 0.5) is 0 Å². The van der Waals surface area contributed by atoms with Crippen molar-refractivity contribution in [2.24, 2.45) is 5.73 Å². The van der Waals surface area contributed by atoms with Crippen LogP contribution in [-0.2, 0) is 42.9 Å². The monoisotopic (exact) mass is 490 g/mol. The van der Waals surface area contributed by atoms with Crippen molar-refractivity contribution in [1.29, 1.82) is 5.41 Å². The molecule has 3 N–H and O–H groups in total. The van der Waals surface area contributed by atoms with Crippen LogP contribution in [0, 0.1) is 5.41 Å². The summed E-state index contributed by atoms with van der Waals surface area (Å²) in [7, 11) is 0. The van der Waals surface area contributed by atoms with Gasteiger partial charge < -0.3 is 29.4 Å². The highest BCUT2D eigenvalue weighted by Crippen LogP contribution is 2.34. The highest BCUT2D eigenvalue weighted by Gasteiger charge is 2.52. The zero-order valence-corrected chi connectivity index (χ0v) is 17.0. The molecule has 160 valence electrons. The van der Waals surface area contributed by atoms with Crippen LogP contribution in [0.3, 0.4) is 0 Å². The second-order valence-corrected chi connectivity index (χ2v) is 6.21. The Morgan fingerprint density at radius 2 is 1.46 bits per heavy atom. The minimum Gasteiger partial charge on any atom is -0.463 e. The Labute approximate surface area is 181 Å². The molecule has 13 heteroatoms. The predicted octanol–water partition coefficient (Wildman–Crippen LogP) is 0.274. The molecule has 0 aromatic heterocycles. The molecule has 1 aliphatic heterocycles. The molecule has 1 fully saturated rings. The van der Waals surface area contributed by atoms with Gasteiger partial charge in [-0.25, -0.2) is 0 Å². The Morgan fingerprint density at radius 3 is 1.96 bits per heavy atom. The molecular formula is C15H23BrN2O9S. The van der Waals surface area contributed by atoms with E-state index in [1.54, 1.807) is 0 Å². The molecule has 0 aliphatic carbocycles. The number of carbonyl (C=O) groups excluding carboxylic acids is 4. The normalized spacial score (nSPS) is 28.1. The van der Waals surface area contributed by atoms with Crippen molar-refractivity contribution in [3.63, 3.8) is 0 Å². The van der Waals surface area contributed by atoms with E-state index in [0.29, 0.717) is 11.8 Å². The fraction of sp³-hybridized carbons (Fsp3) is 0.667. The number of nitrogens with two attached hydrogens (primary N) is 1. The number of amidine groups is 1. The van der Waals surface area contributed by atoms with Crippen molar-refractivity contribution < 1.29 is 48.3 Å². The Morgan fingerprint density at radius 1 is 0.964 bits per heavy atom. The molecule has 0 spiro atoms. The molecule has 28 heavy (non-hydrogen) atoms. The number of hydrogen-bond acceptors (Lipinski definition) is 11. The maximum Gasteiger partial charge on any atom is 0.303 e. The van der Waals surface area contributed by atoms with Gasteiger partial charge in [-0.15, -0.1) is 17.0 Å². The lowest BCUT2D eigenvalue weighted by molar-refractivity contribution is -0.237. The van der Waals surface area contributed by atoms with Crippen molar-refractivity contribution in [2.45, 2.75) is 57.5 Å². The smallest absolute Gasteiger partial charge is 0.303 e. The van der Waals surface area contributed by atoms with Crippen molar-refractivity contribution in [3.8, 4) is 0 Å². The molecule has 1 aliphatic rings. The van der Waals surface area contributed by atoms with Crippen LogP contribution in [0.25, 0.3) is 0 Å². The second kappa shape index (κ2) is 11.9. The van der Waals surface area contributed by atoms with E-state index in [4.69, 9.17) is 40.3 Å². The molecule has 1 rings (SSSR count). The summed E-state index contributed by atoms with van der Waals surface area (Å²) in [5.41, 5.74) is 4.07. The van der Waals surface area contributed by atoms with E-state index in [1.165, 1.54) is 0 Å². The van der Waals surface area contributed by atoms with E-state index in [0.717, 1.165) is 0 Å². The minimum atomic E-state index is -1.59. The highest BCUT2D eigenvalue weighted by molar-refractivity contribution is 8.93. The maximum atomic E-state index is 11.8. The zero-order valence-electron chi connectivity index (χ0n) is 18.5. The first-order chi connectivity index (χ1) is 14.7. The maximum absolute atomic E-state index is 11.8. The van der Waals surface area contributed by atoms with E-state index in [-0.39, 0.29) is 17.0 Å². The SMILES string of the molecule is Br.[2H]CC(=O)OC[C@H]1OC(SC(=N)N)[C@H](OC(=O)C[2H])[C@@H](OC(=O)C[2H])[C@@H]1OC(=O)C[2H]. The molecule has 0 amide bonds. The molecule has 1 unspecified atom stereocenters. The van der Waals surface area contributed by atoms with Gasteiger partial charge in [0.1, 0.15) is 12.7 Å². The lowest BCUT2D eigenvalue weighted by atomic mass is 9.99. The van der Waals surface area contributed by atoms with Gasteiger partial charge in [0.2, 0.25) is 0 Å². The molecular weight excluding hydrogens is 464 g/mol. The summed E-state index contributed by atoms with van der Waals surface area (Å²) in [6, 6.07) is 0. The van der Waals surface area contributed by atoms with Crippen LogP contribution in [0.1, 0.15) is 33.1 Å². The van der Waals surface area contributed by atoms with Gasteiger partial charge >= 0.3 is 23.9 Å². The lowest BCUT2D eigenvalue weighted by Crippen LogP contribution is -2.61. The fourth-order valence-electron chi connectivity index (χ4n) is 2.26. The third kappa shape index (κ3) is 8.44. The number of esters is 4. The standard InChI is InChI=1S/C15H22N2O9S.BrH/c1-6(18)22-5-10-11(23-7(2)19)12(24-8(3)20)13(25-9(4)21)14(26-10)27-15(16)17;/h10-14H,5H2,1-4H3,(H3,16,17);1H/t10-,11-,12+,13-,14?;/m1./s1/i1D,2D,3D,4D;. The molecule has 11 nitrogen and oxygen atoms in total. The average molecular weight is 491 g/mol. The molecule has 0 saturated carbocycles. The first-order valence-electron chi connectivity index (χ1n) is 10.1. The van der Waals surface area contributed by atoms with Gasteiger partial charge in [-0.05, 0) is 0 Å². The number of carbonyl (C=O) groups is 4. The summed E-state index contributed by atoms with van der Waals surface area (Å²) in [5, 5.41) is 7.00. The topological polar surface area (TPSA) is 164 Å².